The van der Waals surface area contributed by atoms with Crippen LogP contribution in [0.25, 0.3) is 0 Å². The molecule has 0 aromatic heterocycles. The largest absolute Gasteiger partial charge is 0.489 e. The van der Waals surface area contributed by atoms with Gasteiger partial charge in [0.15, 0.2) is 0 Å². The third-order valence-corrected chi connectivity index (χ3v) is 4.59. The van der Waals surface area contributed by atoms with Gasteiger partial charge in [0, 0.05) is 18.2 Å². The van der Waals surface area contributed by atoms with E-state index in [9.17, 15) is 0 Å². The molecule has 2 rings (SSSR count). The molecule has 1 aliphatic rings. The zero-order chi connectivity index (χ0) is 14.4. The van der Waals surface area contributed by atoms with Gasteiger partial charge in [-0.3, -0.25) is 0 Å². The Kier molecular flexibility index (Phi) is 5.66. The molecule has 2 heteroatoms. The quantitative estimate of drug-likeness (QED) is 0.786. The van der Waals surface area contributed by atoms with Gasteiger partial charge < -0.3 is 10.1 Å². The number of rotatable bonds is 6. The third kappa shape index (κ3) is 3.86. The Labute approximate surface area is 123 Å². The van der Waals surface area contributed by atoms with Crippen molar-refractivity contribution in [2.24, 2.45) is 11.8 Å². The van der Waals surface area contributed by atoms with E-state index in [1.54, 1.807) is 6.08 Å². The number of ether oxygens (including phenoxy) is 1. The minimum absolute atomic E-state index is 0.563. The lowest BCUT2D eigenvalue weighted by Gasteiger charge is -2.35. The summed E-state index contributed by atoms with van der Waals surface area (Å²) in [6.45, 7) is 9.90. The predicted octanol–water partition coefficient (Wildman–Crippen LogP) is 4.17. The Hall–Kier alpha value is -1.28. The lowest BCUT2D eigenvalue weighted by Crippen LogP contribution is -2.40. The average Bonchev–Trinajstić information content (AvgIpc) is 2.47. The van der Waals surface area contributed by atoms with Gasteiger partial charge in [-0.25, -0.2) is 0 Å². The predicted molar refractivity (Wildman–Crippen MR) is 84.9 cm³/mol. The Morgan fingerprint density at radius 3 is 2.90 bits per heavy atom. The monoisotopic (exact) mass is 273 g/mol. The molecule has 0 spiro atoms. The van der Waals surface area contributed by atoms with Gasteiger partial charge in [-0.05, 0) is 24.3 Å². The fraction of sp³-hybridized carbons (Fsp3) is 0.556. The highest BCUT2D eigenvalue weighted by Gasteiger charge is 2.26. The van der Waals surface area contributed by atoms with Gasteiger partial charge in [-0.1, -0.05) is 57.5 Å². The number of benzene rings is 1. The van der Waals surface area contributed by atoms with E-state index in [1.165, 1.54) is 24.8 Å². The van der Waals surface area contributed by atoms with Crippen LogP contribution in [0.5, 0.6) is 5.75 Å². The smallest absolute Gasteiger partial charge is 0.124 e. The topological polar surface area (TPSA) is 21.3 Å². The molecule has 1 aromatic carbocycles. The highest BCUT2D eigenvalue weighted by Crippen LogP contribution is 2.30. The first kappa shape index (κ1) is 15.1. The summed E-state index contributed by atoms with van der Waals surface area (Å²) >= 11 is 0. The molecule has 0 bridgehead atoms. The molecule has 0 saturated heterocycles. The molecule has 1 aromatic rings. The van der Waals surface area contributed by atoms with Crippen LogP contribution in [0.2, 0.25) is 0 Å². The van der Waals surface area contributed by atoms with E-state index in [1.807, 2.05) is 12.1 Å². The van der Waals surface area contributed by atoms with Crippen molar-refractivity contribution in [1.29, 1.82) is 0 Å². The van der Waals surface area contributed by atoms with Crippen LogP contribution in [0.4, 0.5) is 0 Å². The molecule has 1 aliphatic carbocycles. The van der Waals surface area contributed by atoms with Crippen LogP contribution >= 0.6 is 0 Å². The Morgan fingerprint density at radius 2 is 2.10 bits per heavy atom. The van der Waals surface area contributed by atoms with Gasteiger partial charge in [0.25, 0.3) is 0 Å². The number of nitrogens with one attached hydrogen (secondary N) is 1. The lowest BCUT2D eigenvalue weighted by atomic mass is 9.78. The lowest BCUT2D eigenvalue weighted by molar-refractivity contribution is 0.205. The highest BCUT2D eigenvalue weighted by molar-refractivity contribution is 5.33. The average molecular weight is 273 g/mol. The van der Waals surface area contributed by atoms with E-state index >= 15 is 0 Å². The van der Waals surface area contributed by atoms with Crippen LogP contribution in [0, 0.1) is 11.8 Å². The van der Waals surface area contributed by atoms with Crippen molar-refractivity contribution in [1.82, 2.24) is 5.32 Å². The van der Waals surface area contributed by atoms with E-state index in [0.717, 1.165) is 24.1 Å². The first-order chi connectivity index (χ1) is 9.72. The van der Waals surface area contributed by atoms with Crippen LogP contribution in [-0.4, -0.2) is 12.6 Å². The second-order valence-electron chi connectivity index (χ2n) is 5.96. The molecular weight excluding hydrogens is 246 g/mol. The second-order valence-corrected chi connectivity index (χ2v) is 5.96. The SMILES string of the molecule is C=CCOc1ccccc1CN[C@@H]1CCC[C@H](C)[C@H]1C. The van der Waals surface area contributed by atoms with E-state index < -0.39 is 0 Å². The summed E-state index contributed by atoms with van der Waals surface area (Å²) in [5.74, 6) is 2.55. The molecule has 0 unspecified atom stereocenters. The van der Waals surface area contributed by atoms with Crippen LogP contribution in [0.15, 0.2) is 36.9 Å². The van der Waals surface area contributed by atoms with Gasteiger partial charge in [-0.2, -0.15) is 0 Å². The minimum Gasteiger partial charge on any atom is -0.489 e. The van der Waals surface area contributed by atoms with Crippen molar-refractivity contribution in [3.63, 3.8) is 0 Å². The molecular formula is C18H27NO. The van der Waals surface area contributed by atoms with Crippen LogP contribution < -0.4 is 10.1 Å². The Bertz CT molecular complexity index is 429. The van der Waals surface area contributed by atoms with Crippen molar-refractivity contribution in [2.75, 3.05) is 6.61 Å². The van der Waals surface area contributed by atoms with E-state index in [4.69, 9.17) is 4.74 Å². The van der Waals surface area contributed by atoms with Crippen molar-refractivity contribution in [3.8, 4) is 5.75 Å². The van der Waals surface area contributed by atoms with E-state index in [0.29, 0.717) is 12.6 Å². The fourth-order valence-electron chi connectivity index (χ4n) is 3.05. The fourth-order valence-corrected chi connectivity index (χ4v) is 3.05. The van der Waals surface area contributed by atoms with Crippen LogP contribution in [0.3, 0.4) is 0 Å². The number of hydrogen-bond acceptors (Lipinski definition) is 2. The maximum Gasteiger partial charge on any atom is 0.124 e. The zero-order valence-electron chi connectivity index (χ0n) is 12.8. The van der Waals surface area contributed by atoms with Crippen LogP contribution in [-0.2, 0) is 6.54 Å². The summed E-state index contributed by atoms with van der Waals surface area (Å²) in [6, 6.07) is 8.90. The summed E-state index contributed by atoms with van der Waals surface area (Å²) in [6.07, 6.45) is 5.80. The van der Waals surface area contributed by atoms with Gasteiger partial charge >= 0.3 is 0 Å². The summed E-state index contributed by atoms with van der Waals surface area (Å²) in [7, 11) is 0. The summed E-state index contributed by atoms with van der Waals surface area (Å²) < 4.78 is 5.72. The molecule has 1 saturated carbocycles. The van der Waals surface area contributed by atoms with Crippen molar-refractivity contribution >= 4 is 0 Å². The number of para-hydroxylation sites is 1. The van der Waals surface area contributed by atoms with Crippen molar-refractivity contribution < 1.29 is 4.74 Å². The summed E-state index contributed by atoms with van der Waals surface area (Å²) in [5, 5.41) is 3.73. The standard InChI is InChI=1S/C18H27NO/c1-4-12-20-18-11-6-5-9-16(18)13-19-17-10-7-8-14(2)15(17)3/h4-6,9,11,14-15,17,19H,1,7-8,10,12-13H2,2-3H3/t14-,15+,17+/m0/s1. The molecule has 1 N–H and O–H groups in total. The Balaban J connectivity index is 1.94. The molecule has 3 atom stereocenters. The number of hydrogen-bond donors (Lipinski definition) is 1. The highest BCUT2D eigenvalue weighted by atomic mass is 16.5. The minimum atomic E-state index is 0.563. The van der Waals surface area contributed by atoms with Gasteiger partial charge in [0.1, 0.15) is 12.4 Å². The maximum atomic E-state index is 5.72. The van der Waals surface area contributed by atoms with Crippen molar-refractivity contribution in [3.05, 3.63) is 42.5 Å². The molecule has 20 heavy (non-hydrogen) atoms. The van der Waals surface area contributed by atoms with E-state index in [2.05, 4.69) is 37.9 Å². The van der Waals surface area contributed by atoms with Gasteiger partial charge in [0.05, 0.1) is 0 Å². The normalized spacial score (nSPS) is 26.2. The third-order valence-electron chi connectivity index (χ3n) is 4.59. The zero-order valence-corrected chi connectivity index (χ0v) is 12.8. The molecule has 0 heterocycles. The molecule has 1 fully saturated rings. The second kappa shape index (κ2) is 7.49. The summed E-state index contributed by atoms with van der Waals surface area (Å²) in [5.41, 5.74) is 1.24. The first-order valence-electron chi connectivity index (χ1n) is 7.77. The Morgan fingerprint density at radius 1 is 1.30 bits per heavy atom. The van der Waals surface area contributed by atoms with Gasteiger partial charge in [-0.15, -0.1) is 0 Å². The molecule has 0 radical (unpaired) electrons. The first-order valence-corrected chi connectivity index (χ1v) is 7.77. The van der Waals surface area contributed by atoms with Gasteiger partial charge in [0.2, 0.25) is 0 Å². The molecule has 0 aliphatic heterocycles. The van der Waals surface area contributed by atoms with Crippen molar-refractivity contribution in [2.45, 2.75) is 45.7 Å². The molecule has 110 valence electrons. The summed E-state index contributed by atoms with van der Waals surface area (Å²) in [4.78, 5) is 0. The molecule has 0 amide bonds. The van der Waals surface area contributed by atoms with E-state index in [-0.39, 0.29) is 0 Å². The van der Waals surface area contributed by atoms with Crippen LogP contribution in [0.1, 0.15) is 38.7 Å². The maximum absolute atomic E-state index is 5.72. The molecule has 2 nitrogen and oxygen atoms in total.